The van der Waals surface area contributed by atoms with Gasteiger partial charge >= 0.3 is 0 Å². The molecule has 1 atom stereocenters. The van der Waals surface area contributed by atoms with E-state index in [1.54, 1.807) is 30.6 Å². The first-order chi connectivity index (χ1) is 15.2. The van der Waals surface area contributed by atoms with Crippen LogP contribution < -0.4 is 20.1 Å². The van der Waals surface area contributed by atoms with Crippen molar-refractivity contribution in [3.63, 3.8) is 0 Å². The van der Waals surface area contributed by atoms with Crippen LogP contribution in [0.15, 0.2) is 42.7 Å². The molecule has 8 nitrogen and oxygen atoms in total. The highest BCUT2D eigenvalue weighted by molar-refractivity contribution is 7.16. The predicted molar refractivity (Wildman–Crippen MR) is 114 cm³/mol. The molecule has 31 heavy (non-hydrogen) atoms. The maximum atomic E-state index is 12.8. The van der Waals surface area contributed by atoms with Crippen LogP contribution in [0.3, 0.4) is 0 Å². The highest BCUT2D eigenvalue weighted by Gasteiger charge is 2.30. The number of nitrogens with one attached hydrogen (secondary N) is 2. The van der Waals surface area contributed by atoms with Gasteiger partial charge in [0.2, 0.25) is 12.7 Å². The van der Waals surface area contributed by atoms with Crippen LogP contribution in [0.1, 0.15) is 45.3 Å². The average Bonchev–Trinajstić information content (AvgIpc) is 3.43. The third kappa shape index (κ3) is 4.09. The number of pyridine rings is 1. The van der Waals surface area contributed by atoms with E-state index < -0.39 is 0 Å². The van der Waals surface area contributed by atoms with Gasteiger partial charge in [-0.15, -0.1) is 11.3 Å². The van der Waals surface area contributed by atoms with E-state index in [4.69, 9.17) is 9.47 Å². The molecule has 2 N–H and O–H groups in total. The zero-order valence-electron chi connectivity index (χ0n) is 16.6. The van der Waals surface area contributed by atoms with Gasteiger partial charge in [-0.25, -0.2) is 4.98 Å². The Morgan fingerprint density at radius 2 is 2.10 bits per heavy atom. The second kappa shape index (κ2) is 8.35. The van der Waals surface area contributed by atoms with E-state index >= 15 is 0 Å². The van der Waals surface area contributed by atoms with Gasteiger partial charge in [0.25, 0.3) is 5.91 Å². The molecule has 0 spiro atoms. The lowest BCUT2D eigenvalue weighted by Crippen LogP contribution is -2.31. The first kappa shape index (κ1) is 19.5. The number of fused-ring (bicyclic) bond motifs is 2. The van der Waals surface area contributed by atoms with Crippen LogP contribution >= 0.6 is 11.3 Å². The summed E-state index contributed by atoms with van der Waals surface area (Å²) < 4.78 is 10.6. The molecule has 1 aliphatic carbocycles. The van der Waals surface area contributed by atoms with E-state index in [9.17, 15) is 9.59 Å². The van der Waals surface area contributed by atoms with Crippen molar-refractivity contribution in [2.45, 2.75) is 31.7 Å². The lowest BCUT2D eigenvalue weighted by molar-refractivity contribution is -0.123. The second-order valence-corrected chi connectivity index (χ2v) is 8.46. The van der Waals surface area contributed by atoms with Crippen molar-refractivity contribution in [2.24, 2.45) is 0 Å². The van der Waals surface area contributed by atoms with Crippen LogP contribution in [0.5, 0.6) is 11.5 Å². The van der Waals surface area contributed by atoms with Crippen molar-refractivity contribution in [3.05, 3.63) is 64.4 Å². The standard InChI is InChI=1S/C22H20N4O4S/c27-20(14-6-7-16-17(9-14)30-12-29-16)26-22-25-19-15(4-1-5-18(19)31-22)21(28)24-11-13-3-2-8-23-10-13/h2-3,6-10,15H,1,4-5,11-12H2,(H,24,28)(H,25,26,27). The summed E-state index contributed by atoms with van der Waals surface area (Å²) in [6, 6.07) is 8.82. The monoisotopic (exact) mass is 436 g/mol. The molecule has 158 valence electrons. The van der Waals surface area contributed by atoms with Crippen molar-refractivity contribution >= 4 is 28.3 Å². The topological polar surface area (TPSA) is 102 Å². The maximum Gasteiger partial charge on any atom is 0.257 e. The van der Waals surface area contributed by atoms with Gasteiger partial charge in [0, 0.05) is 29.4 Å². The van der Waals surface area contributed by atoms with Gasteiger partial charge in [0.15, 0.2) is 16.6 Å². The Balaban J connectivity index is 1.28. The van der Waals surface area contributed by atoms with Gasteiger partial charge < -0.3 is 14.8 Å². The van der Waals surface area contributed by atoms with E-state index in [-0.39, 0.29) is 24.5 Å². The first-order valence-corrected chi connectivity index (χ1v) is 10.9. The van der Waals surface area contributed by atoms with Crippen molar-refractivity contribution in [3.8, 4) is 11.5 Å². The molecule has 0 saturated carbocycles. The second-order valence-electron chi connectivity index (χ2n) is 7.37. The summed E-state index contributed by atoms with van der Waals surface area (Å²) in [6.07, 6.45) is 5.95. The fourth-order valence-electron chi connectivity index (χ4n) is 3.75. The number of aromatic nitrogens is 2. The number of hydrogen-bond acceptors (Lipinski definition) is 7. The number of hydrogen-bond donors (Lipinski definition) is 2. The molecule has 3 aromatic rings. The van der Waals surface area contributed by atoms with Crippen LogP contribution in [-0.2, 0) is 17.8 Å². The summed E-state index contributed by atoms with van der Waals surface area (Å²) in [5.74, 6) is 0.538. The Bertz CT molecular complexity index is 1130. The fourth-order valence-corrected chi connectivity index (χ4v) is 4.81. The van der Waals surface area contributed by atoms with E-state index in [2.05, 4.69) is 20.6 Å². The summed E-state index contributed by atoms with van der Waals surface area (Å²) in [5.41, 5.74) is 2.17. The number of rotatable bonds is 5. The van der Waals surface area contributed by atoms with Crippen molar-refractivity contribution < 1.29 is 19.1 Å². The number of nitrogens with zero attached hydrogens (tertiary/aromatic N) is 2. The third-order valence-corrected chi connectivity index (χ3v) is 6.36. The summed E-state index contributed by atoms with van der Waals surface area (Å²) in [5, 5.41) is 6.34. The maximum absolute atomic E-state index is 12.8. The lowest BCUT2D eigenvalue weighted by Gasteiger charge is -2.20. The first-order valence-electron chi connectivity index (χ1n) is 10.0. The Kier molecular flexibility index (Phi) is 5.25. The fraction of sp³-hybridized carbons (Fsp3) is 0.273. The Morgan fingerprint density at radius 3 is 2.97 bits per heavy atom. The lowest BCUT2D eigenvalue weighted by atomic mass is 9.90. The van der Waals surface area contributed by atoms with Crippen LogP contribution in [0.4, 0.5) is 5.13 Å². The molecule has 2 amide bonds. The number of amides is 2. The van der Waals surface area contributed by atoms with Crippen LogP contribution in [-0.4, -0.2) is 28.6 Å². The van der Waals surface area contributed by atoms with Gasteiger partial charge in [0.1, 0.15) is 0 Å². The SMILES string of the molecule is O=C(Nc1nc2c(s1)CCCC2C(=O)NCc1cccnc1)c1ccc2c(c1)OCO2. The van der Waals surface area contributed by atoms with E-state index in [1.165, 1.54) is 11.3 Å². The Labute approximate surface area is 182 Å². The quantitative estimate of drug-likeness (QED) is 0.637. The molecule has 1 aromatic carbocycles. The zero-order chi connectivity index (χ0) is 21.2. The molecular formula is C22H20N4O4S. The largest absolute Gasteiger partial charge is 0.454 e. The van der Waals surface area contributed by atoms with Crippen molar-refractivity contribution in [1.82, 2.24) is 15.3 Å². The molecule has 0 saturated heterocycles. The molecule has 3 heterocycles. The van der Waals surface area contributed by atoms with E-state index in [0.717, 1.165) is 35.4 Å². The van der Waals surface area contributed by atoms with Gasteiger partial charge in [-0.1, -0.05) is 6.07 Å². The minimum Gasteiger partial charge on any atom is -0.454 e. The summed E-state index contributed by atoms with van der Waals surface area (Å²) >= 11 is 1.43. The number of carbonyl (C=O) groups excluding carboxylic acids is 2. The van der Waals surface area contributed by atoms with Crippen molar-refractivity contribution in [2.75, 3.05) is 12.1 Å². The molecular weight excluding hydrogens is 416 g/mol. The molecule has 5 rings (SSSR count). The zero-order valence-corrected chi connectivity index (χ0v) is 17.4. The number of thiazole rings is 1. The molecule has 0 fully saturated rings. The summed E-state index contributed by atoms with van der Waals surface area (Å²) in [4.78, 5) is 35.2. The Morgan fingerprint density at radius 1 is 1.19 bits per heavy atom. The highest BCUT2D eigenvalue weighted by atomic mass is 32.1. The molecule has 1 aliphatic heterocycles. The Hall–Kier alpha value is -3.46. The predicted octanol–water partition coefficient (Wildman–Crippen LogP) is 3.26. The third-order valence-electron chi connectivity index (χ3n) is 5.32. The van der Waals surface area contributed by atoms with Gasteiger partial charge in [-0.2, -0.15) is 0 Å². The van der Waals surface area contributed by atoms with Gasteiger partial charge in [0.05, 0.1) is 11.6 Å². The minimum atomic E-state index is -0.312. The number of benzene rings is 1. The number of carbonyl (C=O) groups is 2. The van der Waals surface area contributed by atoms with Crippen LogP contribution in [0.25, 0.3) is 0 Å². The van der Waals surface area contributed by atoms with E-state index in [0.29, 0.717) is 28.7 Å². The van der Waals surface area contributed by atoms with E-state index in [1.807, 2.05) is 12.1 Å². The molecule has 0 bridgehead atoms. The molecule has 1 unspecified atom stereocenters. The van der Waals surface area contributed by atoms with Gasteiger partial charge in [-0.05, 0) is 49.1 Å². The smallest absolute Gasteiger partial charge is 0.257 e. The molecule has 2 aliphatic rings. The van der Waals surface area contributed by atoms with Crippen LogP contribution in [0, 0.1) is 0 Å². The van der Waals surface area contributed by atoms with Gasteiger partial charge in [-0.3, -0.25) is 19.9 Å². The minimum absolute atomic E-state index is 0.0521. The van der Waals surface area contributed by atoms with Crippen LogP contribution in [0.2, 0.25) is 0 Å². The molecule has 9 heteroatoms. The number of ether oxygens (including phenoxy) is 2. The summed E-state index contributed by atoms with van der Waals surface area (Å²) in [7, 11) is 0. The number of anilines is 1. The molecule has 2 aromatic heterocycles. The highest BCUT2D eigenvalue weighted by Crippen LogP contribution is 2.37. The summed E-state index contributed by atoms with van der Waals surface area (Å²) in [6.45, 7) is 0.584. The molecule has 0 radical (unpaired) electrons. The van der Waals surface area contributed by atoms with Crippen molar-refractivity contribution in [1.29, 1.82) is 0 Å². The average molecular weight is 436 g/mol. The normalized spacial score (nSPS) is 16.5. The number of aryl methyl sites for hydroxylation is 1.